The summed E-state index contributed by atoms with van der Waals surface area (Å²) >= 11 is 0. The Morgan fingerprint density at radius 2 is 1.91 bits per heavy atom. The van der Waals surface area contributed by atoms with Gasteiger partial charge in [0.1, 0.15) is 22.4 Å². The molecule has 2 aromatic heterocycles. The number of nitrogens with one attached hydrogen (secondary N) is 4. The number of aromatic nitrogens is 3. The Hall–Kier alpha value is -3.79. The highest BCUT2D eigenvalue weighted by Crippen LogP contribution is 2.22. The van der Waals surface area contributed by atoms with E-state index in [9.17, 15) is 14.0 Å². The van der Waals surface area contributed by atoms with Crippen molar-refractivity contribution >= 4 is 33.8 Å². The number of carbonyl (C=O) groups is 2. The molecule has 0 spiro atoms. The SMILES string of the molecule is O=C(NC1(C(=O)NCCc2c[nH]c3ccc(F)cc23)CCNCC1)c1ccc2nonc2c1. The molecule has 3 heterocycles. The van der Waals surface area contributed by atoms with Crippen molar-refractivity contribution in [3.05, 3.63) is 59.5 Å². The lowest BCUT2D eigenvalue weighted by atomic mass is 9.86. The Kier molecular flexibility index (Phi) is 5.51. The molecule has 170 valence electrons. The maximum atomic E-state index is 13.6. The summed E-state index contributed by atoms with van der Waals surface area (Å²) in [5, 5.41) is 17.5. The average molecular weight is 450 g/mol. The van der Waals surface area contributed by atoms with Crippen molar-refractivity contribution < 1.29 is 18.6 Å². The fourth-order valence-electron chi connectivity index (χ4n) is 4.31. The summed E-state index contributed by atoms with van der Waals surface area (Å²) in [4.78, 5) is 29.4. The van der Waals surface area contributed by atoms with Crippen LogP contribution in [0.15, 0.2) is 47.2 Å². The van der Waals surface area contributed by atoms with Crippen molar-refractivity contribution in [3.63, 3.8) is 0 Å². The summed E-state index contributed by atoms with van der Waals surface area (Å²) in [6, 6.07) is 9.46. The number of halogens is 1. The van der Waals surface area contributed by atoms with Crippen LogP contribution in [0.5, 0.6) is 0 Å². The monoisotopic (exact) mass is 450 g/mol. The van der Waals surface area contributed by atoms with Gasteiger partial charge >= 0.3 is 0 Å². The molecule has 1 aliphatic rings. The molecule has 0 radical (unpaired) electrons. The zero-order valence-electron chi connectivity index (χ0n) is 17.8. The minimum absolute atomic E-state index is 0.229. The Balaban J connectivity index is 1.28. The summed E-state index contributed by atoms with van der Waals surface area (Å²) in [5.41, 5.74) is 2.15. The van der Waals surface area contributed by atoms with E-state index in [-0.39, 0.29) is 17.6 Å². The molecule has 1 fully saturated rings. The molecule has 0 aliphatic carbocycles. The fraction of sp³-hybridized carbons (Fsp3) is 0.304. The Morgan fingerprint density at radius 3 is 2.76 bits per heavy atom. The molecule has 0 bridgehead atoms. The second kappa shape index (κ2) is 8.62. The lowest BCUT2D eigenvalue weighted by Gasteiger charge is -2.37. The molecular formula is C23H23FN6O3. The minimum Gasteiger partial charge on any atom is -0.361 e. The quantitative estimate of drug-likeness (QED) is 0.356. The molecule has 10 heteroatoms. The third-order valence-electron chi connectivity index (χ3n) is 6.17. The van der Waals surface area contributed by atoms with Gasteiger partial charge in [-0.25, -0.2) is 9.02 Å². The highest BCUT2D eigenvalue weighted by atomic mass is 19.1. The Morgan fingerprint density at radius 1 is 1.09 bits per heavy atom. The van der Waals surface area contributed by atoms with Crippen LogP contribution in [-0.2, 0) is 11.2 Å². The van der Waals surface area contributed by atoms with Gasteiger partial charge in [0.15, 0.2) is 0 Å². The van der Waals surface area contributed by atoms with Crippen LogP contribution in [-0.4, -0.2) is 52.3 Å². The van der Waals surface area contributed by atoms with Crippen molar-refractivity contribution in [2.75, 3.05) is 19.6 Å². The van der Waals surface area contributed by atoms with E-state index in [1.165, 1.54) is 12.1 Å². The van der Waals surface area contributed by atoms with Crippen LogP contribution in [0.2, 0.25) is 0 Å². The molecule has 1 aliphatic heterocycles. The first-order chi connectivity index (χ1) is 16.0. The number of hydrogen-bond donors (Lipinski definition) is 4. The first-order valence-corrected chi connectivity index (χ1v) is 10.8. The summed E-state index contributed by atoms with van der Waals surface area (Å²) in [6.45, 7) is 1.59. The number of aromatic amines is 1. The van der Waals surface area contributed by atoms with Crippen LogP contribution in [0.3, 0.4) is 0 Å². The van der Waals surface area contributed by atoms with Gasteiger partial charge < -0.3 is 20.9 Å². The Labute approximate surface area is 188 Å². The summed E-state index contributed by atoms with van der Waals surface area (Å²) in [7, 11) is 0. The number of hydrogen-bond acceptors (Lipinski definition) is 6. The molecule has 4 N–H and O–H groups in total. The van der Waals surface area contributed by atoms with Crippen LogP contribution in [0.1, 0.15) is 28.8 Å². The standard InChI is InChI=1S/C23H23FN6O3/c24-16-2-4-18-17(12-16)15(13-27-18)5-8-26-22(32)23(6-9-25-10-7-23)28-21(31)14-1-3-19-20(11-14)30-33-29-19/h1-4,11-13,25,27H,5-10H2,(H,26,32)(H,28,31). The van der Waals surface area contributed by atoms with Crippen LogP contribution in [0.4, 0.5) is 4.39 Å². The van der Waals surface area contributed by atoms with E-state index < -0.39 is 5.54 Å². The molecule has 9 nitrogen and oxygen atoms in total. The molecule has 2 amide bonds. The van der Waals surface area contributed by atoms with Crippen LogP contribution in [0.25, 0.3) is 21.9 Å². The van der Waals surface area contributed by atoms with Gasteiger partial charge in [0.05, 0.1) is 0 Å². The molecule has 0 atom stereocenters. The second-order valence-electron chi connectivity index (χ2n) is 8.26. The van der Waals surface area contributed by atoms with Crippen molar-refractivity contribution in [1.82, 2.24) is 31.2 Å². The van der Waals surface area contributed by atoms with Crippen LogP contribution >= 0.6 is 0 Å². The number of H-pyrrole nitrogens is 1. The van der Waals surface area contributed by atoms with Crippen molar-refractivity contribution in [2.24, 2.45) is 0 Å². The first-order valence-electron chi connectivity index (χ1n) is 10.8. The molecule has 1 saturated heterocycles. The number of piperidine rings is 1. The predicted octanol–water partition coefficient (Wildman–Crippen LogP) is 2.05. The van der Waals surface area contributed by atoms with E-state index in [4.69, 9.17) is 0 Å². The third-order valence-corrected chi connectivity index (χ3v) is 6.17. The van der Waals surface area contributed by atoms with E-state index in [1.54, 1.807) is 24.3 Å². The minimum atomic E-state index is -1.02. The predicted molar refractivity (Wildman–Crippen MR) is 119 cm³/mol. The van der Waals surface area contributed by atoms with Gasteiger partial charge in [0, 0.05) is 29.2 Å². The summed E-state index contributed by atoms with van der Waals surface area (Å²) in [5.74, 6) is -0.889. The topological polar surface area (TPSA) is 125 Å². The highest BCUT2D eigenvalue weighted by Gasteiger charge is 2.41. The third kappa shape index (κ3) is 4.17. The van der Waals surface area contributed by atoms with Crippen LogP contribution in [0, 0.1) is 5.82 Å². The van der Waals surface area contributed by atoms with E-state index in [0.717, 1.165) is 16.5 Å². The number of rotatable bonds is 6. The van der Waals surface area contributed by atoms with Gasteiger partial charge in [-0.15, -0.1) is 0 Å². The zero-order valence-corrected chi connectivity index (χ0v) is 17.8. The largest absolute Gasteiger partial charge is 0.361 e. The smallest absolute Gasteiger partial charge is 0.252 e. The number of carbonyl (C=O) groups excluding carboxylic acids is 2. The molecule has 0 saturated carbocycles. The van der Waals surface area contributed by atoms with Gasteiger partial charge in [-0.2, -0.15) is 0 Å². The van der Waals surface area contributed by atoms with Crippen molar-refractivity contribution in [2.45, 2.75) is 24.8 Å². The summed E-state index contributed by atoms with van der Waals surface area (Å²) < 4.78 is 18.3. The maximum absolute atomic E-state index is 13.6. The van der Waals surface area contributed by atoms with Gasteiger partial charge in [-0.3, -0.25) is 9.59 Å². The number of fused-ring (bicyclic) bond motifs is 2. The number of benzene rings is 2. The van der Waals surface area contributed by atoms with Gasteiger partial charge in [-0.1, -0.05) is 0 Å². The van der Waals surface area contributed by atoms with Crippen molar-refractivity contribution in [3.8, 4) is 0 Å². The molecular weight excluding hydrogens is 427 g/mol. The molecule has 2 aromatic carbocycles. The number of nitrogens with zero attached hydrogens (tertiary/aromatic N) is 2. The molecule has 5 rings (SSSR count). The van der Waals surface area contributed by atoms with E-state index in [0.29, 0.717) is 55.5 Å². The molecule has 33 heavy (non-hydrogen) atoms. The van der Waals surface area contributed by atoms with E-state index >= 15 is 0 Å². The van der Waals surface area contributed by atoms with Crippen molar-refractivity contribution in [1.29, 1.82) is 0 Å². The average Bonchev–Trinajstić information content (AvgIpc) is 3.46. The number of amides is 2. The lowest BCUT2D eigenvalue weighted by molar-refractivity contribution is -0.128. The van der Waals surface area contributed by atoms with Gasteiger partial charge in [0.2, 0.25) is 5.91 Å². The molecule has 4 aromatic rings. The van der Waals surface area contributed by atoms with Crippen LogP contribution < -0.4 is 16.0 Å². The first kappa shape index (κ1) is 21.1. The normalized spacial score (nSPS) is 15.5. The van der Waals surface area contributed by atoms with Gasteiger partial charge in [0.25, 0.3) is 5.91 Å². The maximum Gasteiger partial charge on any atom is 0.252 e. The lowest BCUT2D eigenvalue weighted by Crippen LogP contribution is -2.63. The van der Waals surface area contributed by atoms with E-state index in [2.05, 4.69) is 35.9 Å². The summed E-state index contributed by atoms with van der Waals surface area (Å²) in [6.07, 6.45) is 3.30. The zero-order chi connectivity index (χ0) is 22.8. The fourth-order valence-corrected chi connectivity index (χ4v) is 4.31. The highest BCUT2D eigenvalue weighted by molar-refractivity contribution is 6.01. The van der Waals surface area contributed by atoms with E-state index in [1.807, 2.05) is 6.20 Å². The Bertz CT molecular complexity index is 1320. The van der Waals surface area contributed by atoms with Gasteiger partial charge in [-0.05, 0) is 84.6 Å². The molecule has 0 unspecified atom stereocenters. The second-order valence-corrected chi connectivity index (χ2v) is 8.26.